The van der Waals surface area contributed by atoms with Crippen molar-refractivity contribution in [1.82, 2.24) is 5.32 Å². The van der Waals surface area contributed by atoms with Gasteiger partial charge in [-0.3, -0.25) is 4.79 Å². The van der Waals surface area contributed by atoms with Crippen LogP contribution in [0.1, 0.15) is 58.8 Å². The Morgan fingerprint density at radius 1 is 1.26 bits per heavy atom. The van der Waals surface area contributed by atoms with Gasteiger partial charge in [0.2, 0.25) is 0 Å². The lowest BCUT2D eigenvalue weighted by Gasteiger charge is -2.25. The molecule has 0 spiro atoms. The average molecular weight is 267 g/mol. The Labute approximate surface area is 117 Å². The fraction of sp³-hybridized carbons (Fsp3) is 0.938. The minimum atomic E-state index is -0.660. The van der Waals surface area contributed by atoms with Crippen molar-refractivity contribution in [1.29, 1.82) is 0 Å². The Morgan fingerprint density at radius 3 is 2.58 bits per heavy atom. The molecular weight excluding hydrogens is 238 g/mol. The number of hydrogen-bond acceptors (Lipinski definition) is 2. The number of nitrogens with one attached hydrogen (secondary N) is 1. The van der Waals surface area contributed by atoms with Gasteiger partial charge in [0.1, 0.15) is 0 Å². The Kier molecular flexibility index (Phi) is 5.26. The summed E-state index contributed by atoms with van der Waals surface area (Å²) >= 11 is 0. The van der Waals surface area contributed by atoms with Crippen molar-refractivity contribution in [3.05, 3.63) is 0 Å². The Bertz CT molecular complexity index is 303. The molecule has 0 aromatic rings. The summed E-state index contributed by atoms with van der Waals surface area (Å²) in [6.45, 7) is 5.49. The van der Waals surface area contributed by atoms with Gasteiger partial charge in [-0.1, -0.05) is 20.3 Å². The van der Waals surface area contributed by atoms with Crippen molar-refractivity contribution in [3.8, 4) is 0 Å². The van der Waals surface area contributed by atoms with E-state index in [0.717, 1.165) is 37.3 Å². The van der Waals surface area contributed by atoms with E-state index in [0.29, 0.717) is 18.3 Å². The second kappa shape index (κ2) is 6.74. The average Bonchev–Trinajstić information content (AvgIpc) is 2.94. The van der Waals surface area contributed by atoms with Crippen LogP contribution in [-0.2, 0) is 4.79 Å². The van der Waals surface area contributed by atoms with Crippen LogP contribution < -0.4 is 5.32 Å². The van der Waals surface area contributed by atoms with Gasteiger partial charge in [0, 0.05) is 12.5 Å². The van der Waals surface area contributed by atoms with E-state index in [2.05, 4.69) is 19.2 Å². The van der Waals surface area contributed by atoms with E-state index >= 15 is 0 Å². The zero-order valence-electron chi connectivity index (χ0n) is 12.4. The molecule has 2 aliphatic rings. The topological polar surface area (TPSA) is 49.3 Å². The standard InChI is InChI=1S/C16H29NO2/c1-11(2)13(5-6-16(18)19)7-8-17-15-10-12-3-4-14(15)9-12/h11-15,17H,3-10H2,1-2H3,(H,18,19). The number of carbonyl (C=O) groups is 1. The smallest absolute Gasteiger partial charge is 0.303 e. The predicted octanol–water partition coefficient (Wildman–Crippen LogP) is 3.29. The molecule has 2 aliphatic carbocycles. The Morgan fingerprint density at radius 2 is 2.05 bits per heavy atom. The molecule has 2 saturated carbocycles. The Hall–Kier alpha value is -0.570. The van der Waals surface area contributed by atoms with Crippen molar-refractivity contribution in [2.45, 2.75) is 64.8 Å². The highest BCUT2D eigenvalue weighted by Crippen LogP contribution is 2.44. The number of fused-ring (bicyclic) bond motifs is 2. The summed E-state index contributed by atoms with van der Waals surface area (Å²) in [7, 11) is 0. The Balaban J connectivity index is 1.66. The summed E-state index contributed by atoms with van der Waals surface area (Å²) in [6.07, 6.45) is 7.97. The first-order chi connectivity index (χ1) is 9.06. The summed E-state index contributed by atoms with van der Waals surface area (Å²) < 4.78 is 0. The lowest BCUT2D eigenvalue weighted by Crippen LogP contribution is -2.35. The zero-order valence-corrected chi connectivity index (χ0v) is 12.4. The maximum Gasteiger partial charge on any atom is 0.303 e. The first kappa shape index (κ1) is 14.8. The highest BCUT2D eigenvalue weighted by atomic mass is 16.4. The van der Waals surface area contributed by atoms with Gasteiger partial charge in [-0.2, -0.15) is 0 Å². The molecule has 3 heteroatoms. The van der Waals surface area contributed by atoms with Gasteiger partial charge >= 0.3 is 5.97 Å². The van der Waals surface area contributed by atoms with Crippen LogP contribution in [0, 0.1) is 23.7 Å². The second-order valence-corrected chi connectivity index (χ2v) is 6.96. The minimum absolute atomic E-state index is 0.316. The van der Waals surface area contributed by atoms with Crippen molar-refractivity contribution < 1.29 is 9.90 Å². The van der Waals surface area contributed by atoms with E-state index in [1.54, 1.807) is 0 Å². The van der Waals surface area contributed by atoms with Gasteiger partial charge < -0.3 is 10.4 Å². The lowest BCUT2D eigenvalue weighted by molar-refractivity contribution is -0.137. The lowest BCUT2D eigenvalue weighted by atomic mass is 9.88. The molecule has 0 radical (unpaired) electrons. The maximum absolute atomic E-state index is 10.7. The van der Waals surface area contributed by atoms with Crippen LogP contribution in [-0.4, -0.2) is 23.7 Å². The highest BCUT2D eigenvalue weighted by molar-refractivity contribution is 5.66. The molecular formula is C16H29NO2. The van der Waals surface area contributed by atoms with E-state index < -0.39 is 5.97 Å². The molecule has 0 amide bonds. The minimum Gasteiger partial charge on any atom is -0.481 e. The maximum atomic E-state index is 10.7. The number of rotatable bonds is 8. The monoisotopic (exact) mass is 267 g/mol. The molecule has 0 aromatic carbocycles. The van der Waals surface area contributed by atoms with Crippen molar-refractivity contribution >= 4 is 5.97 Å². The van der Waals surface area contributed by atoms with Crippen molar-refractivity contribution in [2.75, 3.05) is 6.54 Å². The molecule has 4 unspecified atom stereocenters. The summed E-state index contributed by atoms with van der Waals surface area (Å²) in [4.78, 5) is 10.7. The molecule has 4 atom stereocenters. The van der Waals surface area contributed by atoms with Gasteiger partial charge in [-0.15, -0.1) is 0 Å². The molecule has 2 fully saturated rings. The van der Waals surface area contributed by atoms with Crippen molar-refractivity contribution in [3.63, 3.8) is 0 Å². The zero-order chi connectivity index (χ0) is 13.8. The third-order valence-corrected chi connectivity index (χ3v) is 5.33. The molecule has 2 rings (SSSR count). The van der Waals surface area contributed by atoms with Crippen LogP contribution >= 0.6 is 0 Å². The third-order valence-electron chi connectivity index (χ3n) is 5.33. The SMILES string of the molecule is CC(C)C(CCNC1CC2CCC1C2)CCC(=O)O. The van der Waals surface area contributed by atoms with Crippen LogP contribution in [0.15, 0.2) is 0 Å². The van der Waals surface area contributed by atoms with Crippen LogP contribution in [0.25, 0.3) is 0 Å². The quantitative estimate of drug-likeness (QED) is 0.709. The van der Waals surface area contributed by atoms with Gasteiger partial charge in [0.25, 0.3) is 0 Å². The summed E-state index contributed by atoms with van der Waals surface area (Å²) in [5, 5.41) is 12.5. The summed E-state index contributed by atoms with van der Waals surface area (Å²) in [6, 6.07) is 0.756. The molecule has 19 heavy (non-hydrogen) atoms. The molecule has 110 valence electrons. The fourth-order valence-corrected chi connectivity index (χ4v) is 4.07. The van der Waals surface area contributed by atoms with E-state index in [1.165, 1.54) is 25.7 Å². The number of aliphatic carboxylic acids is 1. The largest absolute Gasteiger partial charge is 0.481 e. The van der Waals surface area contributed by atoms with Gasteiger partial charge in [-0.05, 0) is 62.3 Å². The second-order valence-electron chi connectivity index (χ2n) is 6.96. The molecule has 2 N–H and O–H groups in total. The third kappa shape index (κ3) is 4.20. The van der Waals surface area contributed by atoms with E-state index in [-0.39, 0.29) is 0 Å². The predicted molar refractivity (Wildman–Crippen MR) is 77.1 cm³/mol. The van der Waals surface area contributed by atoms with Gasteiger partial charge in [-0.25, -0.2) is 0 Å². The van der Waals surface area contributed by atoms with Crippen LogP contribution in [0.5, 0.6) is 0 Å². The first-order valence-corrected chi connectivity index (χ1v) is 8.01. The van der Waals surface area contributed by atoms with Crippen LogP contribution in [0.2, 0.25) is 0 Å². The fourth-order valence-electron chi connectivity index (χ4n) is 4.07. The van der Waals surface area contributed by atoms with Crippen LogP contribution in [0.4, 0.5) is 0 Å². The molecule has 0 aromatic heterocycles. The molecule has 0 heterocycles. The van der Waals surface area contributed by atoms with Crippen LogP contribution in [0.3, 0.4) is 0 Å². The molecule has 0 aliphatic heterocycles. The summed E-state index contributed by atoms with van der Waals surface area (Å²) in [5.74, 6) is 2.40. The van der Waals surface area contributed by atoms with E-state index in [4.69, 9.17) is 5.11 Å². The van der Waals surface area contributed by atoms with Gasteiger partial charge in [0.15, 0.2) is 0 Å². The first-order valence-electron chi connectivity index (χ1n) is 8.01. The number of carboxylic acids is 1. The van der Waals surface area contributed by atoms with E-state index in [1.807, 2.05) is 0 Å². The van der Waals surface area contributed by atoms with Crippen molar-refractivity contribution in [2.24, 2.45) is 23.7 Å². The summed E-state index contributed by atoms with van der Waals surface area (Å²) in [5.41, 5.74) is 0. The number of hydrogen-bond donors (Lipinski definition) is 2. The molecule has 3 nitrogen and oxygen atoms in total. The molecule has 0 saturated heterocycles. The highest BCUT2D eigenvalue weighted by Gasteiger charge is 2.38. The molecule has 2 bridgehead atoms. The number of carboxylic acid groups (broad SMARTS) is 1. The van der Waals surface area contributed by atoms with E-state index in [9.17, 15) is 4.79 Å². The van der Waals surface area contributed by atoms with Gasteiger partial charge in [0.05, 0.1) is 0 Å². The normalized spacial score (nSPS) is 31.0.